The Bertz CT molecular complexity index is 726. The normalized spacial score (nSPS) is 15.4. The van der Waals surface area contributed by atoms with Gasteiger partial charge in [-0.1, -0.05) is 24.2 Å². The molecular formula is C19H26N4O2S. The van der Waals surface area contributed by atoms with Gasteiger partial charge in [0.05, 0.1) is 11.3 Å². The molecule has 1 amide bonds. The number of nitrogens with zero attached hydrogens (tertiary/aromatic N) is 3. The number of nitrogens with one attached hydrogen (secondary N) is 1. The van der Waals surface area contributed by atoms with E-state index in [9.17, 15) is 4.79 Å². The van der Waals surface area contributed by atoms with E-state index in [1.165, 1.54) is 0 Å². The lowest BCUT2D eigenvalue weighted by molar-refractivity contribution is 0.0687. The van der Waals surface area contributed by atoms with Crippen LogP contribution in [0.1, 0.15) is 41.8 Å². The zero-order valence-corrected chi connectivity index (χ0v) is 16.2. The Morgan fingerprint density at radius 1 is 1.35 bits per heavy atom. The number of amides is 1. The van der Waals surface area contributed by atoms with E-state index in [1.807, 2.05) is 29.2 Å². The fraction of sp³-hybridized carbons (Fsp3) is 0.526. The van der Waals surface area contributed by atoms with E-state index in [2.05, 4.69) is 22.4 Å². The Kier molecular flexibility index (Phi) is 6.68. The molecule has 3 rings (SSSR count). The van der Waals surface area contributed by atoms with Gasteiger partial charge in [0, 0.05) is 18.0 Å². The lowest BCUT2D eigenvalue weighted by atomic mass is 9.96. The average Bonchev–Trinajstić information content (AvgIpc) is 3.10. The molecule has 0 spiro atoms. The first-order valence-electron chi connectivity index (χ1n) is 9.18. The number of carbonyl (C=O) groups is 1. The molecule has 0 radical (unpaired) electrons. The molecule has 1 aliphatic rings. The van der Waals surface area contributed by atoms with E-state index >= 15 is 0 Å². The Labute approximate surface area is 158 Å². The minimum Gasteiger partial charge on any atom is -0.339 e. The Balaban J connectivity index is 1.61. The molecule has 1 aromatic heterocycles. The van der Waals surface area contributed by atoms with E-state index in [0.29, 0.717) is 23.4 Å². The van der Waals surface area contributed by atoms with Crippen LogP contribution in [0.25, 0.3) is 0 Å². The molecule has 26 heavy (non-hydrogen) atoms. The van der Waals surface area contributed by atoms with Crippen LogP contribution in [0.2, 0.25) is 0 Å². The van der Waals surface area contributed by atoms with Gasteiger partial charge in [-0.3, -0.25) is 4.79 Å². The first-order chi connectivity index (χ1) is 12.7. The van der Waals surface area contributed by atoms with Crippen molar-refractivity contribution in [3.05, 3.63) is 41.5 Å². The predicted molar refractivity (Wildman–Crippen MR) is 102 cm³/mol. The van der Waals surface area contributed by atoms with Crippen molar-refractivity contribution in [3.8, 4) is 0 Å². The van der Waals surface area contributed by atoms with Gasteiger partial charge in [0.1, 0.15) is 0 Å². The largest absolute Gasteiger partial charge is 0.339 e. The second-order valence-corrected chi connectivity index (χ2v) is 7.58. The zero-order chi connectivity index (χ0) is 18.4. The molecule has 1 fully saturated rings. The number of benzene rings is 1. The second kappa shape index (κ2) is 9.19. The Morgan fingerprint density at radius 3 is 2.81 bits per heavy atom. The monoisotopic (exact) mass is 374 g/mol. The van der Waals surface area contributed by atoms with Gasteiger partial charge in [0.25, 0.3) is 5.91 Å². The number of rotatable bonds is 7. The van der Waals surface area contributed by atoms with E-state index < -0.39 is 0 Å². The van der Waals surface area contributed by atoms with Crippen LogP contribution in [0, 0.1) is 12.8 Å². The van der Waals surface area contributed by atoms with Gasteiger partial charge < -0.3 is 14.7 Å². The van der Waals surface area contributed by atoms with Gasteiger partial charge in [-0.2, -0.15) is 4.98 Å². The van der Waals surface area contributed by atoms with E-state index in [1.54, 1.807) is 18.7 Å². The Hall–Kier alpha value is -1.86. The third-order valence-corrected chi connectivity index (χ3v) is 5.68. The summed E-state index contributed by atoms with van der Waals surface area (Å²) in [6.45, 7) is 7.64. The molecule has 140 valence electrons. The molecule has 7 heteroatoms. The minimum atomic E-state index is 0.122. The average molecular weight is 375 g/mol. The van der Waals surface area contributed by atoms with E-state index in [0.717, 1.165) is 49.5 Å². The van der Waals surface area contributed by atoms with Crippen molar-refractivity contribution >= 4 is 17.7 Å². The number of carbonyl (C=O) groups excluding carboxylic acids is 1. The molecule has 6 nitrogen and oxygen atoms in total. The van der Waals surface area contributed by atoms with Crippen molar-refractivity contribution in [2.75, 3.05) is 26.2 Å². The van der Waals surface area contributed by atoms with Crippen molar-refractivity contribution < 1.29 is 9.32 Å². The summed E-state index contributed by atoms with van der Waals surface area (Å²) >= 11 is 1.56. The molecule has 1 aromatic carbocycles. The first kappa shape index (κ1) is 18.9. The second-order valence-electron chi connectivity index (χ2n) is 6.56. The van der Waals surface area contributed by atoms with Gasteiger partial charge >= 0.3 is 0 Å². The Morgan fingerprint density at radius 2 is 2.12 bits per heavy atom. The van der Waals surface area contributed by atoms with Crippen LogP contribution in [0.4, 0.5) is 0 Å². The van der Waals surface area contributed by atoms with Crippen LogP contribution >= 0.6 is 11.8 Å². The molecule has 1 N–H and O–H groups in total. The molecule has 2 heterocycles. The van der Waals surface area contributed by atoms with Gasteiger partial charge in [0.2, 0.25) is 5.89 Å². The maximum atomic E-state index is 13.0. The van der Waals surface area contributed by atoms with E-state index in [4.69, 9.17) is 4.52 Å². The smallest absolute Gasteiger partial charge is 0.254 e. The number of hydrogen-bond acceptors (Lipinski definition) is 6. The first-order valence-corrected chi connectivity index (χ1v) is 10.2. The van der Waals surface area contributed by atoms with Gasteiger partial charge in [-0.05, 0) is 50.9 Å². The lowest BCUT2D eigenvalue weighted by Gasteiger charge is -2.32. The van der Waals surface area contributed by atoms with Gasteiger partial charge in [-0.25, -0.2) is 0 Å². The quantitative estimate of drug-likeness (QED) is 0.751. The SMILES string of the molecule is CCNCC1CCN(C(=O)c2ccccc2SCc2nc(C)no2)CC1. The summed E-state index contributed by atoms with van der Waals surface area (Å²) in [5.41, 5.74) is 0.763. The van der Waals surface area contributed by atoms with Crippen molar-refractivity contribution in [1.82, 2.24) is 20.4 Å². The van der Waals surface area contributed by atoms with Crippen LogP contribution in [0.15, 0.2) is 33.7 Å². The van der Waals surface area contributed by atoms with Crippen LogP contribution in [0.5, 0.6) is 0 Å². The van der Waals surface area contributed by atoms with E-state index in [-0.39, 0.29) is 5.91 Å². The van der Waals surface area contributed by atoms with Gasteiger partial charge in [-0.15, -0.1) is 11.8 Å². The fourth-order valence-electron chi connectivity index (χ4n) is 3.17. The number of aromatic nitrogens is 2. The summed E-state index contributed by atoms with van der Waals surface area (Å²) in [4.78, 5) is 20.2. The van der Waals surface area contributed by atoms with Crippen molar-refractivity contribution in [1.29, 1.82) is 0 Å². The fourth-order valence-corrected chi connectivity index (χ4v) is 4.05. The third-order valence-electron chi connectivity index (χ3n) is 4.62. The number of hydrogen-bond donors (Lipinski definition) is 1. The predicted octanol–water partition coefficient (Wildman–Crippen LogP) is 3.13. The standard InChI is InChI=1S/C19H26N4O2S/c1-3-20-12-15-8-10-23(11-9-15)19(24)16-6-4-5-7-17(16)26-13-18-21-14(2)22-25-18/h4-7,15,20H,3,8-13H2,1-2H3. The third kappa shape index (κ3) is 4.86. The molecular weight excluding hydrogens is 348 g/mol. The summed E-state index contributed by atoms with van der Waals surface area (Å²) < 4.78 is 5.16. The number of piperidine rings is 1. The molecule has 0 bridgehead atoms. The summed E-state index contributed by atoms with van der Waals surface area (Å²) in [6.07, 6.45) is 2.13. The highest BCUT2D eigenvalue weighted by molar-refractivity contribution is 7.98. The van der Waals surface area contributed by atoms with Crippen molar-refractivity contribution in [2.24, 2.45) is 5.92 Å². The van der Waals surface area contributed by atoms with Crippen molar-refractivity contribution in [2.45, 2.75) is 37.3 Å². The maximum Gasteiger partial charge on any atom is 0.254 e. The summed E-state index contributed by atoms with van der Waals surface area (Å²) in [5.74, 6) is 2.57. The molecule has 1 aliphatic heterocycles. The lowest BCUT2D eigenvalue weighted by Crippen LogP contribution is -2.40. The summed E-state index contributed by atoms with van der Waals surface area (Å²) in [6, 6.07) is 7.78. The molecule has 1 saturated heterocycles. The topological polar surface area (TPSA) is 71.3 Å². The summed E-state index contributed by atoms with van der Waals surface area (Å²) in [5, 5.41) is 7.22. The highest BCUT2D eigenvalue weighted by Crippen LogP contribution is 2.28. The van der Waals surface area contributed by atoms with Crippen LogP contribution in [-0.4, -0.2) is 47.1 Å². The number of aryl methyl sites for hydroxylation is 1. The van der Waals surface area contributed by atoms with Gasteiger partial charge in [0.15, 0.2) is 5.82 Å². The molecule has 0 unspecified atom stereocenters. The van der Waals surface area contributed by atoms with Crippen LogP contribution < -0.4 is 5.32 Å². The molecule has 2 aromatic rings. The number of thioether (sulfide) groups is 1. The molecule has 0 aliphatic carbocycles. The maximum absolute atomic E-state index is 13.0. The highest BCUT2D eigenvalue weighted by atomic mass is 32.2. The minimum absolute atomic E-state index is 0.122. The summed E-state index contributed by atoms with van der Waals surface area (Å²) in [7, 11) is 0. The van der Waals surface area contributed by atoms with Crippen molar-refractivity contribution in [3.63, 3.8) is 0 Å². The highest BCUT2D eigenvalue weighted by Gasteiger charge is 2.25. The molecule has 0 saturated carbocycles. The van der Waals surface area contributed by atoms with Crippen LogP contribution in [-0.2, 0) is 5.75 Å². The number of likely N-dealkylation sites (tertiary alicyclic amines) is 1. The molecule has 0 atom stereocenters. The zero-order valence-electron chi connectivity index (χ0n) is 15.4. The van der Waals surface area contributed by atoms with Crippen LogP contribution in [0.3, 0.4) is 0 Å².